The molecule has 0 aliphatic carbocycles. The van der Waals surface area contributed by atoms with E-state index in [4.69, 9.17) is 15.7 Å². The maximum atomic E-state index is 11.4. The largest absolute Gasteiger partial charge is 0.466 e. The minimum absolute atomic E-state index is 0.0509. The van der Waals surface area contributed by atoms with E-state index >= 15 is 0 Å². The molecule has 0 saturated heterocycles. The van der Waals surface area contributed by atoms with Crippen LogP contribution in [0.25, 0.3) is 0 Å². The molecular weight excluding hydrogens is 250 g/mol. The molecule has 0 bridgehead atoms. The lowest BCUT2D eigenvalue weighted by atomic mass is 10.0. The monoisotopic (exact) mass is 263 g/mol. The highest BCUT2D eigenvalue weighted by Gasteiger charge is 2.19. The predicted octanol–water partition coefficient (Wildman–Crippen LogP) is 1.03. The van der Waals surface area contributed by atoms with Crippen LogP contribution < -0.4 is 5.73 Å². The third-order valence-corrected chi connectivity index (χ3v) is 2.48. The second kappa shape index (κ2) is 6.47. The predicted molar refractivity (Wildman–Crippen MR) is 66.0 cm³/mol. The van der Waals surface area contributed by atoms with Gasteiger partial charge in [0.25, 0.3) is 5.69 Å². The van der Waals surface area contributed by atoms with E-state index < -0.39 is 10.9 Å². The zero-order valence-electron chi connectivity index (χ0n) is 10.4. The number of ether oxygens (including phenoxy) is 1. The number of hydrogen-bond acceptors (Lipinski definition) is 6. The summed E-state index contributed by atoms with van der Waals surface area (Å²) < 4.78 is 4.76. The van der Waals surface area contributed by atoms with Crippen molar-refractivity contribution < 1.29 is 14.5 Å². The standard InChI is InChI=1S/C12H13N3O4/c1-2-19-12(16)5-8-4-11(15(17)18)10(7-14)3-9(8)6-13/h3-4H,2,5,7,14H2,1H3. The maximum Gasteiger partial charge on any atom is 0.310 e. The molecule has 0 radical (unpaired) electrons. The lowest BCUT2D eigenvalue weighted by Gasteiger charge is -2.07. The summed E-state index contributed by atoms with van der Waals surface area (Å²) in [6.45, 7) is 1.82. The van der Waals surface area contributed by atoms with Gasteiger partial charge in [0, 0.05) is 18.2 Å². The molecule has 0 heterocycles. The van der Waals surface area contributed by atoms with Gasteiger partial charge in [-0.2, -0.15) is 5.26 Å². The van der Waals surface area contributed by atoms with Gasteiger partial charge in [-0.25, -0.2) is 0 Å². The van der Waals surface area contributed by atoms with Crippen LogP contribution in [0.4, 0.5) is 5.69 Å². The zero-order chi connectivity index (χ0) is 14.4. The molecule has 0 saturated carbocycles. The van der Waals surface area contributed by atoms with Gasteiger partial charge < -0.3 is 10.5 Å². The highest BCUT2D eigenvalue weighted by Crippen LogP contribution is 2.24. The first-order chi connectivity index (χ1) is 9.03. The summed E-state index contributed by atoms with van der Waals surface area (Å²) in [6.07, 6.45) is -0.178. The Morgan fingerprint density at radius 2 is 2.21 bits per heavy atom. The average molecular weight is 263 g/mol. The summed E-state index contributed by atoms with van der Waals surface area (Å²) in [6, 6.07) is 4.44. The fourth-order valence-corrected chi connectivity index (χ4v) is 1.63. The van der Waals surface area contributed by atoms with Crippen LogP contribution in [-0.4, -0.2) is 17.5 Å². The Hall–Kier alpha value is -2.46. The van der Waals surface area contributed by atoms with E-state index in [0.717, 1.165) is 0 Å². The number of nitrogens with zero attached hydrogens (tertiary/aromatic N) is 2. The van der Waals surface area contributed by atoms with Crippen LogP contribution in [0, 0.1) is 21.4 Å². The first-order valence-electron chi connectivity index (χ1n) is 5.59. The van der Waals surface area contributed by atoms with Crippen molar-refractivity contribution in [2.45, 2.75) is 19.9 Å². The first kappa shape index (κ1) is 14.6. The molecule has 2 N–H and O–H groups in total. The number of hydrogen-bond donors (Lipinski definition) is 1. The number of benzene rings is 1. The van der Waals surface area contributed by atoms with Gasteiger partial charge in [-0.3, -0.25) is 14.9 Å². The molecule has 0 atom stereocenters. The number of nitriles is 1. The molecule has 7 heteroatoms. The number of carbonyl (C=O) groups excluding carboxylic acids is 1. The number of esters is 1. The molecule has 0 fully saturated rings. The van der Waals surface area contributed by atoms with Gasteiger partial charge in [-0.1, -0.05) is 0 Å². The van der Waals surface area contributed by atoms with Crippen molar-refractivity contribution in [3.63, 3.8) is 0 Å². The van der Waals surface area contributed by atoms with E-state index in [0.29, 0.717) is 0 Å². The highest BCUT2D eigenvalue weighted by atomic mass is 16.6. The quantitative estimate of drug-likeness (QED) is 0.481. The Morgan fingerprint density at radius 1 is 1.53 bits per heavy atom. The Kier molecular flexibility index (Phi) is 4.97. The summed E-state index contributed by atoms with van der Waals surface area (Å²) >= 11 is 0. The van der Waals surface area contributed by atoms with Gasteiger partial charge in [0.1, 0.15) is 0 Å². The number of nitro benzene ring substituents is 1. The van der Waals surface area contributed by atoms with Crippen LogP contribution in [0.15, 0.2) is 12.1 Å². The first-order valence-corrected chi connectivity index (χ1v) is 5.59. The van der Waals surface area contributed by atoms with Crippen molar-refractivity contribution in [1.29, 1.82) is 5.26 Å². The molecule has 7 nitrogen and oxygen atoms in total. The SMILES string of the molecule is CCOC(=O)Cc1cc([N+](=O)[O-])c(CN)cc1C#N. The number of carbonyl (C=O) groups is 1. The lowest BCUT2D eigenvalue weighted by Crippen LogP contribution is -2.10. The van der Waals surface area contributed by atoms with Crippen LogP contribution in [0.3, 0.4) is 0 Å². The van der Waals surface area contributed by atoms with Gasteiger partial charge in [0.15, 0.2) is 0 Å². The molecule has 100 valence electrons. The van der Waals surface area contributed by atoms with E-state index in [2.05, 4.69) is 0 Å². The van der Waals surface area contributed by atoms with E-state index in [1.54, 1.807) is 6.92 Å². The van der Waals surface area contributed by atoms with Crippen molar-refractivity contribution in [2.24, 2.45) is 5.73 Å². The highest BCUT2D eigenvalue weighted by molar-refractivity contribution is 5.74. The van der Waals surface area contributed by atoms with Crippen LogP contribution in [0.2, 0.25) is 0 Å². The Morgan fingerprint density at radius 3 is 2.68 bits per heavy atom. The van der Waals surface area contributed by atoms with Crippen molar-refractivity contribution in [3.8, 4) is 6.07 Å². The van der Waals surface area contributed by atoms with Crippen molar-refractivity contribution in [2.75, 3.05) is 6.61 Å². The summed E-state index contributed by atoms with van der Waals surface area (Å²) in [5.74, 6) is -0.534. The van der Waals surface area contributed by atoms with Crippen LogP contribution in [0.1, 0.15) is 23.6 Å². The second-order valence-corrected chi connectivity index (χ2v) is 3.69. The fourth-order valence-electron chi connectivity index (χ4n) is 1.63. The molecular formula is C12H13N3O4. The normalized spacial score (nSPS) is 9.74. The van der Waals surface area contributed by atoms with Crippen molar-refractivity contribution >= 4 is 11.7 Å². The van der Waals surface area contributed by atoms with Crippen LogP contribution in [0.5, 0.6) is 0 Å². The van der Waals surface area contributed by atoms with Crippen molar-refractivity contribution in [3.05, 3.63) is 38.9 Å². The minimum atomic E-state index is -0.585. The molecule has 0 spiro atoms. The van der Waals surface area contributed by atoms with E-state index in [1.807, 2.05) is 6.07 Å². The Labute approximate surface area is 109 Å². The minimum Gasteiger partial charge on any atom is -0.466 e. The summed E-state index contributed by atoms with van der Waals surface area (Å²) in [4.78, 5) is 21.7. The summed E-state index contributed by atoms with van der Waals surface area (Å²) in [7, 11) is 0. The molecule has 0 aliphatic heterocycles. The van der Waals surface area contributed by atoms with Crippen LogP contribution >= 0.6 is 0 Å². The topological polar surface area (TPSA) is 119 Å². The molecule has 0 unspecified atom stereocenters. The Bertz CT molecular complexity index is 549. The molecule has 0 aromatic heterocycles. The van der Waals surface area contributed by atoms with E-state index in [-0.39, 0.29) is 42.0 Å². The van der Waals surface area contributed by atoms with Gasteiger partial charge in [0.2, 0.25) is 0 Å². The van der Waals surface area contributed by atoms with Gasteiger partial charge in [-0.05, 0) is 18.6 Å². The van der Waals surface area contributed by atoms with Gasteiger partial charge >= 0.3 is 5.97 Å². The van der Waals surface area contributed by atoms with Crippen molar-refractivity contribution in [1.82, 2.24) is 0 Å². The van der Waals surface area contributed by atoms with Gasteiger partial charge in [0.05, 0.1) is 29.6 Å². The molecule has 0 aliphatic rings. The third-order valence-electron chi connectivity index (χ3n) is 2.48. The number of rotatable bonds is 5. The van der Waals surface area contributed by atoms with Crippen LogP contribution in [-0.2, 0) is 22.5 Å². The molecule has 1 aromatic carbocycles. The molecule has 19 heavy (non-hydrogen) atoms. The average Bonchev–Trinajstić information content (AvgIpc) is 2.38. The van der Waals surface area contributed by atoms with Gasteiger partial charge in [-0.15, -0.1) is 0 Å². The zero-order valence-corrected chi connectivity index (χ0v) is 10.4. The summed E-state index contributed by atoms with van der Waals surface area (Å²) in [5, 5.41) is 19.9. The lowest BCUT2D eigenvalue weighted by molar-refractivity contribution is -0.385. The number of nitrogens with two attached hydrogens (primary N) is 1. The van der Waals surface area contributed by atoms with E-state index in [1.165, 1.54) is 12.1 Å². The Balaban J connectivity index is 3.23. The molecule has 1 aromatic rings. The second-order valence-electron chi connectivity index (χ2n) is 3.69. The maximum absolute atomic E-state index is 11.4. The third kappa shape index (κ3) is 3.50. The van der Waals surface area contributed by atoms with E-state index in [9.17, 15) is 14.9 Å². The smallest absolute Gasteiger partial charge is 0.310 e. The number of nitro groups is 1. The molecule has 0 amide bonds. The summed E-state index contributed by atoms with van der Waals surface area (Å²) in [5.41, 5.74) is 5.93. The fraction of sp³-hybridized carbons (Fsp3) is 0.333. The molecule has 1 rings (SSSR count).